The minimum atomic E-state index is -1.16. The van der Waals surface area contributed by atoms with Gasteiger partial charge >= 0.3 is 12.2 Å². The number of hydrogen-bond acceptors (Lipinski definition) is 6. The van der Waals surface area contributed by atoms with E-state index in [0.29, 0.717) is 0 Å². The molecule has 2 heterocycles. The molecular weight excluding hydrogens is 280 g/mol. The minimum Gasteiger partial charge on any atom is -0.464 e. The Hall–Kier alpha value is -1.94. The van der Waals surface area contributed by atoms with E-state index >= 15 is 0 Å². The molecule has 10 heteroatoms. The summed E-state index contributed by atoms with van der Waals surface area (Å²) in [6, 6.07) is 0. The van der Waals surface area contributed by atoms with Crippen LogP contribution in [0.5, 0.6) is 0 Å². The SMILES string of the molecule is O=C(O)n1ccnc1SSc1nccn1C(=O)O. The fourth-order valence-corrected chi connectivity index (χ4v) is 3.05. The Morgan fingerprint density at radius 3 is 1.67 bits per heavy atom. The van der Waals surface area contributed by atoms with Crippen molar-refractivity contribution in [1.29, 1.82) is 0 Å². The van der Waals surface area contributed by atoms with Crippen LogP contribution in [0.3, 0.4) is 0 Å². The van der Waals surface area contributed by atoms with Crippen LogP contribution in [0.1, 0.15) is 0 Å². The molecule has 0 unspecified atom stereocenters. The zero-order chi connectivity index (χ0) is 13.1. The lowest BCUT2D eigenvalue weighted by atomic mass is 10.9. The highest BCUT2D eigenvalue weighted by molar-refractivity contribution is 8.76. The highest BCUT2D eigenvalue weighted by Crippen LogP contribution is 2.35. The molecule has 0 aliphatic carbocycles. The zero-order valence-corrected chi connectivity index (χ0v) is 10.3. The van der Waals surface area contributed by atoms with Crippen LogP contribution in [-0.4, -0.2) is 41.5 Å². The van der Waals surface area contributed by atoms with Crippen molar-refractivity contribution in [2.24, 2.45) is 0 Å². The first-order chi connectivity index (χ1) is 8.59. The number of carboxylic acid groups (broad SMARTS) is 2. The van der Waals surface area contributed by atoms with Crippen LogP contribution in [0, 0.1) is 0 Å². The normalized spacial score (nSPS) is 10.4. The van der Waals surface area contributed by atoms with E-state index in [-0.39, 0.29) is 10.3 Å². The Labute approximate surface area is 108 Å². The maximum Gasteiger partial charge on any atom is 0.417 e. The Bertz CT molecular complexity index is 541. The number of aromatic nitrogens is 4. The third-order valence-electron chi connectivity index (χ3n) is 1.82. The molecule has 0 saturated carbocycles. The Morgan fingerprint density at radius 2 is 1.33 bits per heavy atom. The quantitative estimate of drug-likeness (QED) is 0.823. The van der Waals surface area contributed by atoms with Gasteiger partial charge in [0.25, 0.3) is 0 Å². The van der Waals surface area contributed by atoms with Crippen LogP contribution in [0.2, 0.25) is 0 Å². The number of carbonyl (C=O) groups is 2. The van der Waals surface area contributed by atoms with Gasteiger partial charge in [-0.1, -0.05) is 0 Å². The topological polar surface area (TPSA) is 110 Å². The van der Waals surface area contributed by atoms with E-state index in [9.17, 15) is 9.59 Å². The number of rotatable bonds is 3. The van der Waals surface area contributed by atoms with Gasteiger partial charge in [0.05, 0.1) is 0 Å². The van der Waals surface area contributed by atoms with E-state index < -0.39 is 12.2 Å². The van der Waals surface area contributed by atoms with Gasteiger partial charge in [0.1, 0.15) is 0 Å². The summed E-state index contributed by atoms with van der Waals surface area (Å²) in [6.07, 6.45) is 2.99. The number of imidazole rings is 2. The van der Waals surface area contributed by atoms with Crippen molar-refractivity contribution in [2.45, 2.75) is 10.3 Å². The van der Waals surface area contributed by atoms with Crippen molar-refractivity contribution in [3.05, 3.63) is 24.8 Å². The molecule has 0 aliphatic rings. The molecule has 0 saturated heterocycles. The molecule has 2 aromatic heterocycles. The maximum atomic E-state index is 10.8. The van der Waals surface area contributed by atoms with Gasteiger partial charge in [-0.25, -0.2) is 28.7 Å². The predicted molar refractivity (Wildman–Crippen MR) is 63.0 cm³/mol. The maximum absolute atomic E-state index is 10.8. The summed E-state index contributed by atoms with van der Waals surface area (Å²) in [7, 11) is 2.02. The van der Waals surface area contributed by atoms with Crippen molar-refractivity contribution in [1.82, 2.24) is 19.1 Å². The molecule has 0 amide bonds. The second kappa shape index (κ2) is 5.14. The number of nitrogens with zero attached hydrogens (tertiary/aromatic N) is 4. The summed E-state index contributed by atoms with van der Waals surface area (Å²) in [5.74, 6) is 0. The summed E-state index contributed by atoms with van der Waals surface area (Å²) >= 11 is 0. The first kappa shape index (κ1) is 12.5. The molecule has 0 atom stereocenters. The summed E-state index contributed by atoms with van der Waals surface area (Å²) in [5.41, 5.74) is 0. The van der Waals surface area contributed by atoms with Gasteiger partial charge in [0.2, 0.25) is 0 Å². The predicted octanol–water partition coefficient (Wildman–Crippen LogP) is 1.93. The lowest BCUT2D eigenvalue weighted by molar-refractivity contribution is 0.192. The molecule has 2 rings (SSSR count). The Kier molecular flexibility index (Phi) is 3.58. The molecule has 18 heavy (non-hydrogen) atoms. The standard InChI is InChI=1S/C8H6N4O4S2/c13-7(14)11-3-1-9-5(11)17-18-6-10-2-4-12(6)8(15)16/h1-4H,(H,13,14)(H,15,16). The second-order valence-electron chi connectivity index (χ2n) is 2.89. The highest BCUT2D eigenvalue weighted by Gasteiger charge is 2.14. The summed E-state index contributed by atoms with van der Waals surface area (Å²) < 4.78 is 1.87. The third-order valence-corrected chi connectivity index (χ3v) is 3.95. The third kappa shape index (κ3) is 2.49. The van der Waals surface area contributed by atoms with Crippen LogP contribution in [-0.2, 0) is 0 Å². The molecule has 0 aliphatic heterocycles. The first-order valence-corrected chi connectivity index (χ1v) is 6.62. The van der Waals surface area contributed by atoms with Crippen molar-refractivity contribution in [3.63, 3.8) is 0 Å². The van der Waals surface area contributed by atoms with Crippen LogP contribution in [0.4, 0.5) is 9.59 Å². The summed E-state index contributed by atoms with van der Waals surface area (Å²) in [5, 5.41) is 18.1. The van der Waals surface area contributed by atoms with E-state index in [4.69, 9.17) is 10.2 Å². The zero-order valence-electron chi connectivity index (χ0n) is 8.63. The monoisotopic (exact) mass is 286 g/mol. The highest BCUT2D eigenvalue weighted by atomic mass is 33.1. The van der Waals surface area contributed by atoms with E-state index in [1.165, 1.54) is 24.8 Å². The molecule has 2 aromatic rings. The second-order valence-corrected chi connectivity index (χ2v) is 4.96. The van der Waals surface area contributed by atoms with Gasteiger partial charge in [0, 0.05) is 24.8 Å². The van der Waals surface area contributed by atoms with E-state index in [1.807, 2.05) is 0 Å². The molecule has 94 valence electrons. The van der Waals surface area contributed by atoms with Gasteiger partial charge in [0.15, 0.2) is 10.3 Å². The molecule has 0 spiro atoms. The van der Waals surface area contributed by atoms with Gasteiger partial charge in [-0.15, -0.1) is 0 Å². The van der Waals surface area contributed by atoms with Crippen LogP contribution in [0.15, 0.2) is 35.1 Å². The Balaban J connectivity index is 2.12. The molecule has 0 bridgehead atoms. The number of hydrogen-bond donors (Lipinski definition) is 2. The molecule has 2 N–H and O–H groups in total. The minimum absolute atomic E-state index is 0.229. The van der Waals surface area contributed by atoms with Crippen molar-refractivity contribution < 1.29 is 19.8 Å². The largest absolute Gasteiger partial charge is 0.464 e. The van der Waals surface area contributed by atoms with Crippen LogP contribution >= 0.6 is 21.6 Å². The van der Waals surface area contributed by atoms with E-state index in [2.05, 4.69) is 9.97 Å². The average molecular weight is 286 g/mol. The molecule has 8 nitrogen and oxygen atoms in total. The fourth-order valence-electron chi connectivity index (χ4n) is 1.07. The van der Waals surface area contributed by atoms with E-state index in [0.717, 1.165) is 30.7 Å². The lowest BCUT2D eigenvalue weighted by Crippen LogP contribution is -2.08. The van der Waals surface area contributed by atoms with Gasteiger partial charge < -0.3 is 10.2 Å². The first-order valence-electron chi connectivity index (χ1n) is 4.47. The van der Waals surface area contributed by atoms with Crippen molar-refractivity contribution in [2.75, 3.05) is 0 Å². The average Bonchev–Trinajstić information content (AvgIpc) is 2.94. The molecule has 0 aromatic carbocycles. The molecule has 0 fully saturated rings. The summed E-state index contributed by atoms with van der Waals surface area (Å²) in [6.45, 7) is 0. The van der Waals surface area contributed by atoms with Crippen LogP contribution < -0.4 is 0 Å². The lowest BCUT2D eigenvalue weighted by Gasteiger charge is -2.01. The van der Waals surface area contributed by atoms with Crippen molar-refractivity contribution in [3.8, 4) is 0 Å². The van der Waals surface area contributed by atoms with Crippen LogP contribution in [0.25, 0.3) is 0 Å². The van der Waals surface area contributed by atoms with E-state index in [1.54, 1.807) is 0 Å². The summed E-state index contributed by atoms with van der Waals surface area (Å²) in [4.78, 5) is 29.3. The van der Waals surface area contributed by atoms with Gasteiger partial charge in [-0.2, -0.15) is 0 Å². The van der Waals surface area contributed by atoms with Crippen molar-refractivity contribution >= 4 is 33.8 Å². The molecule has 0 radical (unpaired) electrons. The molecular formula is C8H6N4O4S2. The van der Waals surface area contributed by atoms with Gasteiger partial charge in [-0.3, -0.25) is 0 Å². The Morgan fingerprint density at radius 1 is 0.944 bits per heavy atom. The fraction of sp³-hybridized carbons (Fsp3) is 0. The van der Waals surface area contributed by atoms with Gasteiger partial charge in [-0.05, 0) is 21.6 Å². The smallest absolute Gasteiger partial charge is 0.417 e.